The third kappa shape index (κ3) is 4.68. The highest BCUT2D eigenvalue weighted by Gasteiger charge is 2.42. The van der Waals surface area contributed by atoms with E-state index in [9.17, 15) is 13.9 Å². The van der Waals surface area contributed by atoms with Gasteiger partial charge in [0, 0.05) is 18.8 Å². The van der Waals surface area contributed by atoms with E-state index in [2.05, 4.69) is 20.4 Å². The number of imidazole rings is 1. The quantitative estimate of drug-likeness (QED) is 0.311. The molecule has 0 aliphatic heterocycles. The van der Waals surface area contributed by atoms with Crippen LogP contribution in [0.5, 0.6) is 0 Å². The Labute approximate surface area is 213 Å². The number of halogens is 2. The molecule has 0 bridgehead atoms. The molecule has 4 aromatic rings. The highest BCUT2D eigenvalue weighted by Crippen LogP contribution is 2.43. The smallest absolute Gasteiger partial charge is 0.229 e. The summed E-state index contributed by atoms with van der Waals surface area (Å²) in [5, 5.41) is 27.6. The second-order valence-electron chi connectivity index (χ2n) is 10.0. The van der Waals surface area contributed by atoms with Gasteiger partial charge in [-0.25, -0.2) is 13.8 Å². The van der Waals surface area contributed by atoms with E-state index in [-0.39, 0.29) is 42.2 Å². The van der Waals surface area contributed by atoms with Crippen molar-refractivity contribution in [2.24, 2.45) is 11.7 Å². The summed E-state index contributed by atoms with van der Waals surface area (Å²) in [6.07, 6.45) is 6.56. The van der Waals surface area contributed by atoms with Gasteiger partial charge in [0.25, 0.3) is 0 Å². The molecule has 5 rings (SSSR count). The van der Waals surface area contributed by atoms with E-state index in [0.717, 1.165) is 17.7 Å². The van der Waals surface area contributed by atoms with Gasteiger partial charge in [0.1, 0.15) is 11.6 Å². The molecular weight excluding hydrogens is 478 g/mol. The van der Waals surface area contributed by atoms with E-state index in [1.807, 2.05) is 13.0 Å². The molecule has 3 aromatic heterocycles. The number of pyridine rings is 1. The first kappa shape index (κ1) is 25.2. The van der Waals surface area contributed by atoms with Crippen LogP contribution in [0.25, 0.3) is 16.8 Å². The van der Waals surface area contributed by atoms with Crippen LogP contribution < -0.4 is 11.1 Å². The van der Waals surface area contributed by atoms with Crippen LogP contribution in [0.3, 0.4) is 0 Å². The summed E-state index contributed by atoms with van der Waals surface area (Å²) >= 11 is 0. The molecule has 5 N–H and O–H groups in total. The van der Waals surface area contributed by atoms with Gasteiger partial charge in [-0.3, -0.25) is 4.98 Å². The number of hydrogen-bond acceptors (Lipinski definition) is 7. The number of nitrogens with two attached hydrogens (primary N) is 1. The van der Waals surface area contributed by atoms with E-state index in [1.54, 1.807) is 37.6 Å². The number of aliphatic hydroxyl groups is 2. The highest BCUT2D eigenvalue weighted by molar-refractivity contribution is 5.66. The van der Waals surface area contributed by atoms with Gasteiger partial charge in [0.05, 0.1) is 40.5 Å². The normalized spacial score (nSPS) is 23.9. The van der Waals surface area contributed by atoms with Crippen LogP contribution in [-0.2, 0) is 6.42 Å². The van der Waals surface area contributed by atoms with E-state index in [4.69, 9.17) is 10.8 Å². The van der Waals surface area contributed by atoms with Crippen molar-refractivity contribution in [3.63, 3.8) is 0 Å². The lowest BCUT2D eigenvalue weighted by molar-refractivity contribution is -0.0463. The zero-order valence-corrected chi connectivity index (χ0v) is 20.7. The lowest BCUT2D eigenvalue weighted by atomic mass is 9.68. The van der Waals surface area contributed by atoms with Crippen LogP contribution in [0.2, 0.25) is 0 Å². The average Bonchev–Trinajstić information content (AvgIpc) is 3.25. The fraction of sp³-hybridized carbons (Fsp3) is 0.370. The maximum atomic E-state index is 14.8. The Bertz CT molecular complexity index is 1400. The van der Waals surface area contributed by atoms with Crippen LogP contribution in [0.4, 0.5) is 20.4 Å². The fourth-order valence-electron chi connectivity index (χ4n) is 5.16. The Morgan fingerprint density at radius 2 is 1.92 bits per heavy atom. The van der Waals surface area contributed by atoms with Crippen LogP contribution >= 0.6 is 0 Å². The largest absolute Gasteiger partial charge is 0.396 e. The van der Waals surface area contributed by atoms with Crippen LogP contribution in [0, 0.1) is 17.6 Å². The van der Waals surface area contributed by atoms with Gasteiger partial charge in [-0.1, -0.05) is 6.92 Å². The molecule has 0 saturated heterocycles. The fourth-order valence-corrected chi connectivity index (χ4v) is 5.16. The highest BCUT2D eigenvalue weighted by atomic mass is 19.1. The van der Waals surface area contributed by atoms with Crippen LogP contribution in [0.15, 0.2) is 48.9 Å². The number of benzene rings is 1. The minimum atomic E-state index is -0.933. The molecule has 1 aromatic carbocycles. The first-order chi connectivity index (χ1) is 17.7. The van der Waals surface area contributed by atoms with Crippen molar-refractivity contribution in [1.29, 1.82) is 0 Å². The van der Waals surface area contributed by atoms with Gasteiger partial charge >= 0.3 is 0 Å². The molecule has 0 radical (unpaired) electrons. The lowest BCUT2D eigenvalue weighted by Gasteiger charge is -2.44. The van der Waals surface area contributed by atoms with Crippen LogP contribution in [-0.4, -0.2) is 48.0 Å². The number of aliphatic hydroxyl groups excluding tert-OH is 1. The van der Waals surface area contributed by atoms with Crippen molar-refractivity contribution in [3.05, 3.63) is 71.7 Å². The van der Waals surface area contributed by atoms with Gasteiger partial charge in [-0.05, 0) is 79.5 Å². The first-order valence-electron chi connectivity index (χ1n) is 12.3. The van der Waals surface area contributed by atoms with Crippen molar-refractivity contribution >= 4 is 17.2 Å². The zero-order chi connectivity index (χ0) is 26.3. The Morgan fingerprint density at radius 3 is 2.62 bits per heavy atom. The minimum absolute atomic E-state index is 0.00676. The Hall–Kier alpha value is -3.47. The summed E-state index contributed by atoms with van der Waals surface area (Å²) in [5.41, 5.74) is 7.98. The lowest BCUT2D eigenvalue weighted by Crippen LogP contribution is -2.54. The summed E-state index contributed by atoms with van der Waals surface area (Å²) < 4.78 is 31.2. The van der Waals surface area contributed by atoms with Gasteiger partial charge in [0.2, 0.25) is 5.95 Å². The van der Waals surface area contributed by atoms with E-state index >= 15 is 0 Å². The van der Waals surface area contributed by atoms with Gasteiger partial charge in [-0.2, -0.15) is 9.61 Å². The molecule has 4 atom stereocenters. The Balaban J connectivity index is 1.49. The summed E-state index contributed by atoms with van der Waals surface area (Å²) in [4.78, 5) is 8.69. The molecular formula is C27H30F2N6O2. The van der Waals surface area contributed by atoms with Gasteiger partial charge in [-0.15, -0.1) is 0 Å². The average molecular weight is 509 g/mol. The molecule has 10 heteroatoms. The number of aromatic nitrogens is 4. The van der Waals surface area contributed by atoms with Crippen molar-refractivity contribution < 1.29 is 19.0 Å². The van der Waals surface area contributed by atoms with Crippen molar-refractivity contribution in [2.45, 2.75) is 50.7 Å². The predicted molar refractivity (Wildman–Crippen MR) is 136 cm³/mol. The molecule has 3 heterocycles. The topological polar surface area (TPSA) is 122 Å². The third-order valence-corrected chi connectivity index (χ3v) is 7.61. The zero-order valence-electron chi connectivity index (χ0n) is 20.7. The first-order valence-corrected chi connectivity index (χ1v) is 12.3. The van der Waals surface area contributed by atoms with E-state index in [0.29, 0.717) is 23.4 Å². The molecule has 1 aliphatic rings. The standard InChI is InChI=1S/C27H30F2N6O2/c1-15-9-17(12-24(30)27(15,2)37)19-5-7-31-14-23(19)33-26-32-13-18-3-4-22(34-35(18)26)25-20(28)10-16(6-8-36)11-21(25)29/h3-5,7,10-11,13-15,17,24,36-37H,6,8-9,12,30H2,1-2H3,(H,32,33). The van der Waals surface area contributed by atoms with Gasteiger partial charge < -0.3 is 21.3 Å². The van der Waals surface area contributed by atoms with Crippen molar-refractivity contribution in [1.82, 2.24) is 19.6 Å². The molecule has 1 fully saturated rings. The SMILES string of the molecule is CC1CC(c2ccncc2Nc2ncc3ccc(-c4c(F)cc(CCO)cc4F)nn23)CC(N)C1(C)O. The predicted octanol–water partition coefficient (Wildman–Crippen LogP) is 3.94. The number of fused-ring (bicyclic) bond motifs is 1. The van der Waals surface area contributed by atoms with E-state index < -0.39 is 17.2 Å². The Morgan fingerprint density at radius 1 is 1.16 bits per heavy atom. The number of nitrogens with one attached hydrogen (secondary N) is 1. The molecule has 1 saturated carbocycles. The monoisotopic (exact) mass is 508 g/mol. The molecule has 4 unspecified atom stereocenters. The molecule has 37 heavy (non-hydrogen) atoms. The van der Waals surface area contributed by atoms with E-state index in [1.165, 1.54) is 16.6 Å². The number of nitrogens with zero attached hydrogens (tertiary/aromatic N) is 4. The number of hydrogen-bond donors (Lipinski definition) is 4. The molecule has 194 valence electrons. The summed E-state index contributed by atoms with van der Waals surface area (Å²) in [7, 11) is 0. The minimum Gasteiger partial charge on any atom is -0.396 e. The third-order valence-electron chi connectivity index (χ3n) is 7.61. The second-order valence-corrected chi connectivity index (χ2v) is 10.0. The summed E-state index contributed by atoms with van der Waals surface area (Å²) in [5.74, 6) is -1.03. The second kappa shape index (κ2) is 9.77. The Kier molecular flexibility index (Phi) is 6.65. The number of rotatable bonds is 6. The molecule has 0 spiro atoms. The van der Waals surface area contributed by atoms with Crippen LogP contribution in [0.1, 0.15) is 43.7 Å². The number of anilines is 2. The molecule has 1 aliphatic carbocycles. The maximum absolute atomic E-state index is 14.8. The van der Waals surface area contributed by atoms with Crippen molar-refractivity contribution in [3.8, 4) is 11.3 Å². The molecule has 0 amide bonds. The maximum Gasteiger partial charge on any atom is 0.229 e. The summed E-state index contributed by atoms with van der Waals surface area (Å²) in [6.45, 7) is 3.59. The van der Waals surface area contributed by atoms with Crippen molar-refractivity contribution in [2.75, 3.05) is 11.9 Å². The van der Waals surface area contributed by atoms with Gasteiger partial charge in [0.15, 0.2) is 0 Å². The summed E-state index contributed by atoms with van der Waals surface area (Å²) in [6, 6.07) is 7.22. The molecule has 8 nitrogen and oxygen atoms in total.